The molecule has 0 fully saturated rings. The lowest BCUT2D eigenvalue weighted by Crippen LogP contribution is -2.01. The van der Waals surface area contributed by atoms with Gasteiger partial charge in [-0.25, -0.2) is 8.42 Å². The molecule has 5 heteroatoms. The van der Waals surface area contributed by atoms with Crippen LogP contribution in [0.2, 0.25) is 0 Å². The molecule has 0 unspecified atom stereocenters. The molecule has 23 heavy (non-hydrogen) atoms. The first-order valence-corrected chi connectivity index (χ1v) is 9.08. The van der Waals surface area contributed by atoms with Crippen LogP contribution in [0.15, 0.2) is 47.5 Å². The molecule has 2 aromatic heterocycles. The molecule has 3 rings (SSSR count). The molecule has 0 atom stereocenters. The molecule has 0 saturated heterocycles. The number of aldehydes is 1. The first-order chi connectivity index (χ1) is 10.8. The molecule has 0 radical (unpaired) electrons. The largest absolute Gasteiger partial charge is 0.314 e. The molecule has 0 spiro atoms. The van der Waals surface area contributed by atoms with Crippen molar-refractivity contribution >= 4 is 21.6 Å². The summed E-state index contributed by atoms with van der Waals surface area (Å²) in [5, 5.41) is 0. The Bertz CT molecular complexity index is 1030. The number of nitrogens with zero attached hydrogens (tertiary/aromatic N) is 1. The molecular formula is C18H17NO3S. The molecule has 3 aromatic rings. The van der Waals surface area contributed by atoms with E-state index in [1.807, 2.05) is 44.3 Å². The zero-order chi connectivity index (χ0) is 16.8. The van der Waals surface area contributed by atoms with Gasteiger partial charge in [0.1, 0.15) is 0 Å². The van der Waals surface area contributed by atoms with Crippen LogP contribution in [0.25, 0.3) is 16.6 Å². The van der Waals surface area contributed by atoms with Gasteiger partial charge in [0.25, 0.3) is 0 Å². The van der Waals surface area contributed by atoms with Crippen molar-refractivity contribution in [3.05, 3.63) is 59.4 Å². The minimum absolute atomic E-state index is 0.235. The number of benzene rings is 1. The van der Waals surface area contributed by atoms with E-state index in [-0.39, 0.29) is 4.90 Å². The lowest BCUT2D eigenvalue weighted by Gasteiger charge is -2.09. The van der Waals surface area contributed by atoms with Gasteiger partial charge in [0, 0.05) is 29.1 Å². The van der Waals surface area contributed by atoms with E-state index in [1.165, 1.54) is 6.26 Å². The Morgan fingerprint density at radius 2 is 1.65 bits per heavy atom. The molecule has 0 amide bonds. The second kappa shape index (κ2) is 5.35. The van der Waals surface area contributed by atoms with Crippen LogP contribution in [-0.4, -0.2) is 25.4 Å². The predicted octanol–water partition coefficient (Wildman–Crippen LogP) is 3.44. The van der Waals surface area contributed by atoms with Crippen molar-refractivity contribution in [3.63, 3.8) is 0 Å². The standard InChI is InChI=1S/C18H17NO3S/c1-12-4-5-18(23(3,21)22)16(9-12)15-10-14-8-13(2)6-7-19(14)17(15)11-20/h4-11H,1-3H3. The third kappa shape index (κ3) is 2.68. The van der Waals surface area contributed by atoms with E-state index < -0.39 is 9.84 Å². The minimum atomic E-state index is -3.39. The van der Waals surface area contributed by atoms with Gasteiger partial charge < -0.3 is 4.40 Å². The minimum Gasteiger partial charge on any atom is -0.314 e. The van der Waals surface area contributed by atoms with E-state index in [0.717, 1.165) is 22.9 Å². The van der Waals surface area contributed by atoms with E-state index in [1.54, 1.807) is 16.5 Å². The highest BCUT2D eigenvalue weighted by Gasteiger charge is 2.19. The Labute approximate surface area is 135 Å². The number of hydrogen-bond acceptors (Lipinski definition) is 3. The van der Waals surface area contributed by atoms with Crippen LogP contribution in [0, 0.1) is 13.8 Å². The fourth-order valence-corrected chi connectivity index (χ4v) is 3.71. The number of aryl methyl sites for hydroxylation is 2. The monoisotopic (exact) mass is 327 g/mol. The summed E-state index contributed by atoms with van der Waals surface area (Å²) in [7, 11) is -3.39. The Hall–Kier alpha value is -2.40. The van der Waals surface area contributed by atoms with Gasteiger partial charge in [-0.15, -0.1) is 0 Å². The van der Waals surface area contributed by atoms with Crippen molar-refractivity contribution in [3.8, 4) is 11.1 Å². The maximum absolute atomic E-state index is 12.1. The zero-order valence-electron chi connectivity index (χ0n) is 13.2. The second-order valence-electron chi connectivity index (χ2n) is 5.83. The summed E-state index contributed by atoms with van der Waals surface area (Å²) < 4.78 is 26.0. The Balaban J connectivity index is 2.42. The lowest BCUT2D eigenvalue weighted by molar-refractivity contribution is 0.111. The van der Waals surface area contributed by atoms with E-state index in [9.17, 15) is 13.2 Å². The van der Waals surface area contributed by atoms with Crippen LogP contribution in [0.1, 0.15) is 21.6 Å². The molecule has 0 N–H and O–H groups in total. The topological polar surface area (TPSA) is 55.6 Å². The Morgan fingerprint density at radius 3 is 2.30 bits per heavy atom. The summed E-state index contributed by atoms with van der Waals surface area (Å²) >= 11 is 0. The first kappa shape index (κ1) is 15.5. The summed E-state index contributed by atoms with van der Waals surface area (Å²) in [5.41, 5.74) is 4.53. The third-order valence-corrected chi connectivity index (χ3v) is 5.06. The average molecular weight is 327 g/mol. The van der Waals surface area contributed by atoms with E-state index in [0.29, 0.717) is 16.8 Å². The summed E-state index contributed by atoms with van der Waals surface area (Å²) in [6.07, 6.45) is 3.78. The van der Waals surface area contributed by atoms with Gasteiger partial charge in [-0.3, -0.25) is 4.79 Å². The number of fused-ring (bicyclic) bond motifs is 1. The number of aromatic nitrogens is 1. The van der Waals surface area contributed by atoms with Crippen LogP contribution >= 0.6 is 0 Å². The van der Waals surface area contributed by atoms with E-state index >= 15 is 0 Å². The van der Waals surface area contributed by atoms with Crippen LogP contribution in [0.5, 0.6) is 0 Å². The van der Waals surface area contributed by atoms with Crippen LogP contribution < -0.4 is 0 Å². The molecule has 0 bridgehead atoms. The zero-order valence-corrected chi connectivity index (χ0v) is 14.0. The molecule has 118 valence electrons. The van der Waals surface area contributed by atoms with Gasteiger partial charge in [0.05, 0.1) is 10.6 Å². The highest BCUT2D eigenvalue weighted by molar-refractivity contribution is 7.90. The molecule has 0 aliphatic carbocycles. The van der Waals surface area contributed by atoms with E-state index in [4.69, 9.17) is 0 Å². The van der Waals surface area contributed by atoms with Crippen molar-refractivity contribution in [1.29, 1.82) is 0 Å². The van der Waals surface area contributed by atoms with Crippen molar-refractivity contribution < 1.29 is 13.2 Å². The first-order valence-electron chi connectivity index (χ1n) is 7.19. The molecule has 4 nitrogen and oxygen atoms in total. The van der Waals surface area contributed by atoms with Crippen LogP contribution in [0.3, 0.4) is 0 Å². The van der Waals surface area contributed by atoms with Crippen molar-refractivity contribution in [1.82, 2.24) is 4.40 Å². The smallest absolute Gasteiger partial charge is 0.176 e. The van der Waals surface area contributed by atoms with Crippen LogP contribution in [-0.2, 0) is 9.84 Å². The van der Waals surface area contributed by atoms with E-state index in [2.05, 4.69) is 0 Å². The second-order valence-corrected chi connectivity index (χ2v) is 7.82. The van der Waals surface area contributed by atoms with Gasteiger partial charge in [-0.05, 0) is 43.7 Å². The van der Waals surface area contributed by atoms with Gasteiger partial charge in [-0.1, -0.05) is 17.7 Å². The molecule has 0 saturated carbocycles. The quantitative estimate of drug-likeness (QED) is 0.693. The number of carbonyl (C=O) groups is 1. The molecule has 2 heterocycles. The Morgan fingerprint density at radius 1 is 0.957 bits per heavy atom. The number of pyridine rings is 1. The SMILES string of the molecule is Cc1ccc(S(C)(=O)=O)c(-c2cc3cc(C)ccn3c2C=O)c1. The fourth-order valence-electron chi connectivity index (χ4n) is 2.82. The Kier molecular flexibility index (Phi) is 3.60. The van der Waals surface area contributed by atoms with Crippen molar-refractivity contribution in [2.75, 3.05) is 6.26 Å². The van der Waals surface area contributed by atoms with Crippen LogP contribution in [0.4, 0.5) is 0 Å². The lowest BCUT2D eigenvalue weighted by atomic mass is 10.0. The summed E-state index contributed by atoms with van der Waals surface area (Å²) in [6, 6.07) is 10.9. The number of rotatable bonds is 3. The van der Waals surface area contributed by atoms with Gasteiger partial charge in [-0.2, -0.15) is 0 Å². The highest BCUT2D eigenvalue weighted by atomic mass is 32.2. The molecule has 0 aliphatic heterocycles. The predicted molar refractivity (Wildman–Crippen MR) is 90.8 cm³/mol. The fraction of sp³-hybridized carbons (Fsp3) is 0.167. The highest BCUT2D eigenvalue weighted by Crippen LogP contribution is 2.33. The third-order valence-electron chi connectivity index (χ3n) is 3.90. The number of carbonyl (C=O) groups excluding carboxylic acids is 1. The van der Waals surface area contributed by atoms with Crippen molar-refractivity contribution in [2.45, 2.75) is 18.7 Å². The van der Waals surface area contributed by atoms with Crippen molar-refractivity contribution in [2.24, 2.45) is 0 Å². The molecule has 0 aliphatic rings. The normalized spacial score (nSPS) is 11.8. The summed E-state index contributed by atoms with van der Waals surface area (Å²) in [5.74, 6) is 0. The van der Waals surface area contributed by atoms with Gasteiger partial charge in [0.2, 0.25) is 0 Å². The summed E-state index contributed by atoms with van der Waals surface area (Å²) in [4.78, 5) is 11.9. The maximum Gasteiger partial charge on any atom is 0.176 e. The summed E-state index contributed by atoms with van der Waals surface area (Å²) in [6.45, 7) is 3.87. The number of sulfone groups is 1. The average Bonchev–Trinajstić information content (AvgIpc) is 2.83. The number of hydrogen-bond donors (Lipinski definition) is 0. The van der Waals surface area contributed by atoms with Gasteiger partial charge in [0.15, 0.2) is 16.1 Å². The van der Waals surface area contributed by atoms with Gasteiger partial charge >= 0.3 is 0 Å². The molecule has 1 aromatic carbocycles. The maximum atomic E-state index is 12.1. The molecular weight excluding hydrogens is 310 g/mol.